The largest absolute Gasteiger partial charge is 0.366 e. The van der Waals surface area contributed by atoms with Gasteiger partial charge in [0.1, 0.15) is 5.82 Å². The SMILES string of the molecule is NC(=O)c1ccc(NC(=O)CCNS(=O)(=O)c2ccc(F)cc2)cc1. The Morgan fingerprint density at radius 2 is 1.60 bits per heavy atom. The highest BCUT2D eigenvalue weighted by molar-refractivity contribution is 7.89. The summed E-state index contributed by atoms with van der Waals surface area (Å²) in [6.45, 7) is -0.120. The molecule has 0 spiro atoms. The van der Waals surface area contributed by atoms with E-state index in [0.29, 0.717) is 11.3 Å². The van der Waals surface area contributed by atoms with Gasteiger partial charge < -0.3 is 11.1 Å². The molecule has 2 aromatic carbocycles. The van der Waals surface area contributed by atoms with Gasteiger partial charge in [0.25, 0.3) is 0 Å². The number of amides is 2. The van der Waals surface area contributed by atoms with Gasteiger partial charge in [0.2, 0.25) is 21.8 Å². The summed E-state index contributed by atoms with van der Waals surface area (Å²) >= 11 is 0. The molecule has 0 aliphatic carbocycles. The minimum atomic E-state index is -3.81. The van der Waals surface area contributed by atoms with Crippen LogP contribution in [0, 0.1) is 5.82 Å². The molecule has 0 saturated carbocycles. The van der Waals surface area contributed by atoms with E-state index in [0.717, 1.165) is 24.3 Å². The minimum absolute atomic E-state index is 0.0867. The van der Waals surface area contributed by atoms with Crippen molar-refractivity contribution in [3.05, 3.63) is 59.9 Å². The molecular formula is C16H16FN3O4S. The van der Waals surface area contributed by atoms with Crippen molar-refractivity contribution in [3.8, 4) is 0 Å². The van der Waals surface area contributed by atoms with E-state index in [4.69, 9.17) is 5.73 Å². The standard InChI is InChI=1S/C16H16FN3O4S/c17-12-3-7-14(8-4-12)25(23,24)19-10-9-15(21)20-13-5-1-11(2-6-13)16(18)22/h1-8,19H,9-10H2,(H2,18,22)(H,20,21). The molecule has 0 unspecified atom stereocenters. The third-order valence-electron chi connectivity index (χ3n) is 3.22. The van der Waals surface area contributed by atoms with E-state index < -0.39 is 27.7 Å². The number of nitrogens with one attached hydrogen (secondary N) is 2. The van der Waals surface area contributed by atoms with Crippen molar-refractivity contribution in [2.24, 2.45) is 5.73 Å². The second-order valence-corrected chi connectivity index (χ2v) is 6.86. The van der Waals surface area contributed by atoms with Gasteiger partial charge in [0.15, 0.2) is 0 Å². The van der Waals surface area contributed by atoms with Crippen LogP contribution in [0.5, 0.6) is 0 Å². The monoisotopic (exact) mass is 365 g/mol. The summed E-state index contributed by atoms with van der Waals surface area (Å²) in [6, 6.07) is 10.3. The van der Waals surface area contributed by atoms with Crippen molar-refractivity contribution < 1.29 is 22.4 Å². The van der Waals surface area contributed by atoms with Crippen LogP contribution in [0.2, 0.25) is 0 Å². The molecule has 0 radical (unpaired) electrons. The van der Waals surface area contributed by atoms with Gasteiger partial charge >= 0.3 is 0 Å². The quantitative estimate of drug-likeness (QED) is 0.684. The van der Waals surface area contributed by atoms with Crippen molar-refractivity contribution in [3.63, 3.8) is 0 Å². The first-order valence-electron chi connectivity index (χ1n) is 7.23. The Hall–Kier alpha value is -2.78. The van der Waals surface area contributed by atoms with Crippen molar-refractivity contribution >= 4 is 27.5 Å². The third-order valence-corrected chi connectivity index (χ3v) is 4.70. The van der Waals surface area contributed by atoms with Gasteiger partial charge in [-0.1, -0.05) is 0 Å². The molecule has 0 fully saturated rings. The van der Waals surface area contributed by atoms with Crippen LogP contribution < -0.4 is 15.8 Å². The maximum absolute atomic E-state index is 12.8. The number of benzene rings is 2. The summed E-state index contributed by atoms with van der Waals surface area (Å²) in [5, 5.41) is 2.57. The predicted octanol–water partition coefficient (Wildman–Crippen LogP) is 1.23. The Kier molecular flexibility index (Phi) is 5.84. The lowest BCUT2D eigenvalue weighted by molar-refractivity contribution is -0.116. The van der Waals surface area contributed by atoms with Crippen LogP contribution in [0.1, 0.15) is 16.8 Å². The fourth-order valence-corrected chi connectivity index (χ4v) is 2.97. The minimum Gasteiger partial charge on any atom is -0.366 e. The lowest BCUT2D eigenvalue weighted by atomic mass is 10.2. The second kappa shape index (κ2) is 7.86. The van der Waals surface area contributed by atoms with Crippen molar-refractivity contribution in [1.29, 1.82) is 0 Å². The van der Waals surface area contributed by atoms with E-state index in [1.54, 1.807) is 0 Å². The number of sulfonamides is 1. The molecule has 2 amide bonds. The number of carbonyl (C=O) groups is 2. The highest BCUT2D eigenvalue weighted by Crippen LogP contribution is 2.11. The lowest BCUT2D eigenvalue weighted by Gasteiger charge is -2.08. The van der Waals surface area contributed by atoms with Crippen LogP contribution in [-0.4, -0.2) is 26.8 Å². The van der Waals surface area contributed by atoms with Crippen molar-refractivity contribution in [1.82, 2.24) is 4.72 Å². The Labute approximate surface area is 144 Å². The Bertz CT molecular complexity index is 865. The molecule has 0 heterocycles. The fourth-order valence-electron chi connectivity index (χ4n) is 1.94. The summed E-state index contributed by atoms with van der Waals surface area (Å²) in [7, 11) is -3.81. The number of carbonyl (C=O) groups excluding carboxylic acids is 2. The van der Waals surface area contributed by atoms with Gasteiger partial charge in [-0.3, -0.25) is 9.59 Å². The Morgan fingerprint density at radius 1 is 1.00 bits per heavy atom. The molecule has 0 atom stereocenters. The summed E-state index contributed by atoms with van der Waals surface area (Å²) < 4.78 is 39.0. The first kappa shape index (κ1) is 18.6. The zero-order chi connectivity index (χ0) is 18.4. The normalized spacial score (nSPS) is 11.1. The summed E-state index contributed by atoms with van der Waals surface area (Å²) in [5.41, 5.74) is 5.88. The Balaban J connectivity index is 1.85. The molecule has 2 aromatic rings. The molecule has 0 bridgehead atoms. The van der Waals surface area contributed by atoms with Gasteiger partial charge in [0.05, 0.1) is 4.90 Å². The molecule has 7 nitrogen and oxygen atoms in total. The van der Waals surface area contributed by atoms with Crippen molar-refractivity contribution in [2.45, 2.75) is 11.3 Å². The summed E-state index contributed by atoms with van der Waals surface area (Å²) in [5.74, 6) is -1.53. The first-order chi connectivity index (χ1) is 11.8. The lowest BCUT2D eigenvalue weighted by Crippen LogP contribution is -2.27. The fraction of sp³-hybridized carbons (Fsp3) is 0.125. The molecule has 0 aromatic heterocycles. The maximum Gasteiger partial charge on any atom is 0.248 e. The van der Waals surface area contributed by atoms with Crippen LogP contribution in [0.15, 0.2) is 53.4 Å². The van der Waals surface area contributed by atoms with Gasteiger partial charge in [-0.15, -0.1) is 0 Å². The molecule has 2 rings (SSSR count). The number of anilines is 1. The van der Waals surface area contributed by atoms with Crippen LogP contribution >= 0.6 is 0 Å². The van der Waals surface area contributed by atoms with E-state index in [-0.39, 0.29) is 17.9 Å². The van der Waals surface area contributed by atoms with Crippen LogP contribution in [0.25, 0.3) is 0 Å². The third kappa shape index (κ3) is 5.37. The van der Waals surface area contributed by atoms with E-state index >= 15 is 0 Å². The molecule has 9 heteroatoms. The van der Waals surface area contributed by atoms with Crippen LogP contribution in [-0.2, 0) is 14.8 Å². The smallest absolute Gasteiger partial charge is 0.248 e. The van der Waals surface area contributed by atoms with E-state index in [2.05, 4.69) is 10.0 Å². The number of rotatable bonds is 7. The number of nitrogens with two attached hydrogens (primary N) is 1. The van der Waals surface area contributed by atoms with E-state index in [9.17, 15) is 22.4 Å². The van der Waals surface area contributed by atoms with Crippen molar-refractivity contribution in [2.75, 3.05) is 11.9 Å². The van der Waals surface area contributed by atoms with Crippen LogP contribution in [0.4, 0.5) is 10.1 Å². The molecule has 0 saturated heterocycles. The maximum atomic E-state index is 12.8. The number of primary amides is 1. The highest BCUT2D eigenvalue weighted by Gasteiger charge is 2.14. The van der Waals surface area contributed by atoms with Gasteiger partial charge in [0, 0.05) is 24.2 Å². The van der Waals surface area contributed by atoms with Crippen LogP contribution in [0.3, 0.4) is 0 Å². The average Bonchev–Trinajstić information content (AvgIpc) is 2.55. The second-order valence-electron chi connectivity index (χ2n) is 5.09. The average molecular weight is 365 g/mol. The predicted molar refractivity (Wildman–Crippen MR) is 89.8 cm³/mol. The number of halogens is 1. The molecule has 25 heavy (non-hydrogen) atoms. The molecular weight excluding hydrogens is 349 g/mol. The first-order valence-corrected chi connectivity index (χ1v) is 8.71. The summed E-state index contributed by atoms with van der Waals surface area (Å²) in [4.78, 5) is 22.7. The molecule has 132 valence electrons. The topological polar surface area (TPSA) is 118 Å². The summed E-state index contributed by atoms with van der Waals surface area (Å²) in [6.07, 6.45) is -0.0992. The number of hydrogen-bond acceptors (Lipinski definition) is 4. The number of hydrogen-bond donors (Lipinski definition) is 3. The Morgan fingerprint density at radius 3 is 2.16 bits per heavy atom. The van der Waals surface area contributed by atoms with Gasteiger partial charge in [-0.05, 0) is 48.5 Å². The zero-order valence-corrected chi connectivity index (χ0v) is 13.8. The van der Waals surface area contributed by atoms with E-state index in [1.807, 2.05) is 0 Å². The van der Waals surface area contributed by atoms with Gasteiger partial charge in [-0.2, -0.15) is 0 Å². The molecule has 0 aliphatic rings. The van der Waals surface area contributed by atoms with E-state index in [1.165, 1.54) is 24.3 Å². The molecule has 4 N–H and O–H groups in total. The zero-order valence-electron chi connectivity index (χ0n) is 13.0. The van der Waals surface area contributed by atoms with Gasteiger partial charge in [-0.25, -0.2) is 17.5 Å². The highest BCUT2D eigenvalue weighted by atomic mass is 32.2. The molecule has 0 aliphatic heterocycles.